The van der Waals surface area contributed by atoms with Crippen molar-refractivity contribution in [3.63, 3.8) is 0 Å². The predicted octanol–water partition coefficient (Wildman–Crippen LogP) is -5.08. The van der Waals surface area contributed by atoms with Crippen LogP contribution in [0, 0.1) is 0 Å². The first kappa shape index (κ1) is 29.0. The minimum Gasteiger partial charge on any atom is -0.744 e. The zero-order chi connectivity index (χ0) is 17.5. The molecule has 0 aliphatic heterocycles. The maximum atomic E-state index is 12.3. The van der Waals surface area contributed by atoms with Gasteiger partial charge in [-0.15, -0.1) is 0 Å². The van der Waals surface area contributed by atoms with Gasteiger partial charge in [0.1, 0.15) is 21.5 Å². The summed E-state index contributed by atoms with van der Waals surface area (Å²) in [5, 5.41) is 0. The van der Waals surface area contributed by atoms with Crippen LogP contribution >= 0.6 is 0 Å². The van der Waals surface area contributed by atoms with Crippen LogP contribution in [0.2, 0.25) is 0 Å². The van der Waals surface area contributed by atoms with E-state index in [0.29, 0.717) is 12.0 Å². The van der Waals surface area contributed by atoms with E-state index in [0.717, 1.165) is 16.7 Å². The number of fused-ring (bicyclic) bond motifs is 1. The van der Waals surface area contributed by atoms with Crippen molar-refractivity contribution in [2.75, 3.05) is 0 Å². The van der Waals surface area contributed by atoms with Gasteiger partial charge in [-0.05, 0) is 18.6 Å². The molecular formula is C14H19KN4O8S. The first-order valence-corrected chi connectivity index (χ1v) is 8.51. The smallest absolute Gasteiger partial charge is 0.744 e. The van der Waals surface area contributed by atoms with E-state index < -0.39 is 21.4 Å². The standard InChI is InChI=1S/C14H14N4O5S.K.3H2O/c1-2-7-18-13(19)10-12(17-14(18)20)16-11(15-10)8-3-5-9(6-4-8)24(21,22)23;;;;/h3-6H,2,7H2,1H3,(H,15,16)(H,17,20)(H,21,22,23);;3*1H2/q;+1;;;/p-1. The quantitative estimate of drug-likeness (QED) is 0.296. The van der Waals surface area contributed by atoms with Crippen molar-refractivity contribution in [1.29, 1.82) is 0 Å². The summed E-state index contributed by atoms with van der Waals surface area (Å²) < 4.78 is 33.9. The molecule has 150 valence electrons. The summed E-state index contributed by atoms with van der Waals surface area (Å²) in [5.74, 6) is 0.279. The Labute approximate surface area is 201 Å². The van der Waals surface area contributed by atoms with Gasteiger partial charge in [0.25, 0.3) is 5.56 Å². The van der Waals surface area contributed by atoms with Crippen LogP contribution in [0.1, 0.15) is 13.3 Å². The zero-order valence-electron chi connectivity index (χ0n) is 15.1. The van der Waals surface area contributed by atoms with Crippen LogP contribution < -0.4 is 62.6 Å². The van der Waals surface area contributed by atoms with E-state index in [-0.39, 0.29) is 96.2 Å². The summed E-state index contributed by atoms with van der Waals surface area (Å²) in [6.45, 7) is 2.13. The summed E-state index contributed by atoms with van der Waals surface area (Å²) in [7, 11) is -4.53. The molecular weight excluding hydrogens is 423 g/mol. The summed E-state index contributed by atoms with van der Waals surface area (Å²) in [4.78, 5) is 33.4. The molecule has 0 spiro atoms. The SMILES string of the molecule is CCCn1c(=O)[nH]c2nc(-c3ccc(S(=O)(=O)[O-])cc3)[nH]c2c1=O.O.O.O.[K+]. The molecule has 0 aliphatic carbocycles. The molecule has 0 unspecified atom stereocenters. The fourth-order valence-electron chi connectivity index (χ4n) is 2.36. The van der Waals surface area contributed by atoms with Crippen LogP contribution in [0.4, 0.5) is 0 Å². The molecule has 3 rings (SSSR count). The van der Waals surface area contributed by atoms with Crippen molar-refractivity contribution >= 4 is 21.3 Å². The Morgan fingerprint density at radius 3 is 2.14 bits per heavy atom. The third kappa shape index (κ3) is 5.66. The van der Waals surface area contributed by atoms with Gasteiger partial charge in [0.05, 0.1) is 4.90 Å². The van der Waals surface area contributed by atoms with Gasteiger partial charge in [-0.1, -0.05) is 19.1 Å². The average molecular weight is 442 g/mol. The van der Waals surface area contributed by atoms with Crippen LogP contribution in [-0.2, 0) is 16.7 Å². The largest absolute Gasteiger partial charge is 1.00 e. The number of hydrogen-bond acceptors (Lipinski definition) is 6. The maximum absolute atomic E-state index is 12.3. The molecule has 28 heavy (non-hydrogen) atoms. The van der Waals surface area contributed by atoms with E-state index in [9.17, 15) is 22.6 Å². The topological polar surface area (TPSA) is 235 Å². The Hall–Kier alpha value is -1.20. The van der Waals surface area contributed by atoms with Crippen LogP contribution in [0.5, 0.6) is 0 Å². The van der Waals surface area contributed by atoms with E-state index >= 15 is 0 Å². The van der Waals surface area contributed by atoms with Crippen molar-refractivity contribution in [1.82, 2.24) is 19.5 Å². The number of aromatic nitrogens is 4. The summed E-state index contributed by atoms with van der Waals surface area (Å²) in [6, 6.07) is 5.10. The van der Waals surface area contributed by atoms with Crippen molar-refractivity contribution in [2.45, 2.75) is 24.8 Å². The second-order valence-corrected chi connectivity index (χ2v) is 6.55. The molecule has 12 nitrogen and oxygen atoms in total. The first-order valence-electron chi connectivity index (χ1n) is 7.10. The monoisotopic (exact) mass is 442 g/mol. The van der Waals surface area contributed by atoms with Crippen LogP contribution in [0.3, 0.4) is 0 Å². The minimum atomic E-state index is -4.53. The van der Waals surface area contributed by atoms with Crippen molar-refractivity contribution < 1.29 is 80.8 Å². The molecule has 0 saturated heterocycles. The number of nitrogens with one attached hydrogen (secondary N) is 2. The van der Waals surface area contributed by atoms with Gasteiger partial charge in [0.15, 0.2) is 5.65 Å². The van der Waals surface area contributed by atoms with Gasteiger partial charge in [0, 0.05) is 12.1 Å². The summed E-state index contributed by atoms with van der Waals surface area (Å²) in [6.07, 6.45) is 0.626. The number of aromatic amines is 2. The molecule has 14 heteroatoms. The van der Waals surface area contributed by atoms with Gasteiger partial charge in [-0.3, -0.25) is 14.3 Å². The predicted molar refractivity (Wildman–Crippen MR) is 95.5 cm³/mol. The van der Waals surface area contributed by atoms with E-state index in [2.05, 4.69) is 15.0 Å². The molecule has 0 radical (unpaired) electrons. The molecule has 1 aromatic carbocycles. The molecule has 0 saturated carbocycles. The van der Waals surface area contributed by atoms with E-state index in [4.69, 9.17) is 0 Å². The van der Waals surface area contributed by atoms with Gasteiger partial charge in [0.2, 0.25) is 0 Å². The number of H-pyrrole nitrogens is 2. The molecule has 0 fully saturated rings. The van der Waals surface area contributed by atoms with Crippen molar-refractivity contribution in [2.24, 2.45) is 0 Å². The third-order valence-electron chi connectivity index (χ3n) is 3.50. The van der Waals surface area contributed by atoms with Crippen LogP contribution in [-0.4, -0.2) is 48.9 Å². The molecule has 8 N–H and O–H groups in total. The van der Waals surface area contributed by atoms with Crippen LogP contribution in [0.25, 0.3) is 22.6 Å². The number of hydrogen-bond donors (Lipinski definition) is 2. The molecule has 3 aromatic rings. The number of imidazole rings is 1. The summed E-state index contributed by atoms with van der Waals surface area (Å²) >= 11 is 0. The molecule has 0 aliphatic rings. The fraction of sp³-hybridized carbons (Fsp3) is 0.214. The van der Waals surface area contributed by atoms with Gasteiger partial charge >= 0.3 is 57.1 Å². The second kappa shape index (κ2) is 11.1. The van der Waals surface area contributed by atoms with Gasteiger partial charge in [-0.25, -0.2) is 18.2 Å². The van der Waals surface area contributed by atoms with E-state index in [1.165, 1.54) is 12.1 Å². The fourth-order valence-corrected chi connectivity index (χ4v) is 2.83. The maximum Gasteiger partial charge on any atom is 1.00 e. The molecule has 2 aromatic heterocycles. The van der Waals surface area contributed by atoms with Crippen LogP contribution in [0.15, 0.2) is 38.8 Å². The molecule has 0 bridgehead atoms. The van der Waals surface area contributed by atoms with Gasteiger partial charge in [-0.2, -0.15) is 0 Å². The van der Waals surface area contributed by atoms with E-state index in [1.54, 1.807) is 0 Å². The normalized spacial score (nSPS) is 10.2. The number of benzene rings is 1. The molecule has 0 atom stereocenters. The Kier molecular flexibility index (Phi) is 11.5. The first-order chi connectivity index (χ1) is 11.3. The Morgan fingerprint density at radius 1 is 1.07 bits per heavy atom. The Balaban J connectivity index is 0. The minimum absolute atomic E-state index is 0. The number of nitrogens with zero attached hydrogens (tertiary/aromatic N) is 2. The van der Waals surface area contributed by atoms with Gasteiger partial charge < -0.3 is 26.0 Å². The summed E-state index contributed by atoms with van der Waals surface area (Å²) in [5.41, 5.74) is -0.277. The zero-order valence-corrected chi connectivity index (χ0v) is 19.0. The molecule has 0 amide bonds. The third-order valence-corrected chi connectivity index (χ3v) is 4.35. The second-order valence-electron chi connectivity index (χ2n) is 5.17. The van der Waals surface area contributed by atoms with Crippen molar-refractivity contribution in [3.05, 3.63) is 45.1 Å². The number of rotatable bonds is 4. The average Bonchev–Trinajstić information content (AvgIpc) is 2.95. The Bertz CT molecular complexity index is 1130. The molecule has 2 heterocycles. The van der Waals surface area contributed by atoms with Crippen molar-refractivity contribution in [3.8, 4) is 11.4 Å². The Morgan fingerprint density at radius 2 is 1.64 bits per heavy atom. The van der Waals surface area contributed by atoms with E-state index in [1.807, 2.05) is 6.92 Å².